The van der Waals surface area contributed by atoms with Gasteiger partial charge in [-0.05, 0) is 49.2 Å². The summed E-state index contributed by atoms with van der Waals surface area (Å²) < 4.78 is 19.5. The Morgan fingerprint density at radius 3 is 2.52 bits per heavy atom. The Balaban J connectivity index is 1.33. The molecule has 0 radical (unpaired) electrons. The summed E-state index contributed by atoms with van der Waals surface area (Å²) >= 11 is 7.64. The van der Waals surface area contributed by atoms with Gasteiger partial charge >= 0.3 is 6.03 Å². The molecule has 0 bridgehead atoms. The third-order valence-corrected chi connectivity index (χ3v) is 7.41. The van der Waals surface area contributed by atoms with Gasteiger partial charge in [0.15, 0.2) is 6.61 Å². The van der Waals surface area contributed by atoms with E-state index in [1.54, 1.807) is 53.1 Å². The molecule has 0 aliphatic carbocycles. The number of thioether (sulfide) groups is 1. The van der Waals surface area contributed by atoms with Gasteiger partial charge in [0, 0.05) is 30.4 Å². The molecule has 2 saturated heterocycles. The molecule has 6 nitrogen and oxygen atoms in total. The lowest BCUT2D eigenvalue weighted by atomic mass is 10.0. The zero-order valence-corrected chi connectivity index (χ0v) is 18.4. The molecule has 2 aliphatic heterocycles. The molecule has 4 rings (SSSR count). The highest BCUT2D eigenvalue weighted by Gasteiger charge is 2.46. The Hall–Kier alpha value is -2.45. The van der Waals surface area contributed by atoms with Crippen LogP contribution in [0.4, 0.5) is 14.9 Å². The maximum absolute atomic E-state index is 13.8. The van der Waals surface area contributed by atoms with Crippen LogP contribution in [-0.2, 0) is 4.79 Å². The van der Waals surface area contributed by atoms with Crippen molar-refractivity contribution in [1.82, 2.24) is 9.80 Å². The van der Waals surface area contributed by atoms with E-state index in [1.165, 1.54) is 12.1 Å². The van der Waals surface area contributed by atoms with E-state index in [-0.39, 0.29) is 29.1 Å². The summed E-state index contributed by atoms with van der Waals surface area (Å²) in [5, 5.41) is 3.24. The van der Waals surface area contributed by atoms with Crippen LogP contribution in [0.15, 0.2) is 48.5 Å². The fraction of sp³-hybridized carbons (Fsp3) is 0.364. The second-order valence-electron chi connectivity index (χ2n) is 7.48. The smallest absolute Gasteiger partial charge is 0.321 e. The van der Waals surface area contributed by atoms with Crippen molar-refractivity contribution in [2.75, 3.05) is 37.3 Å². The molecule has 0 aromatic heterocycles. The Morgan fingerprint density at radius 1 is 1.10 bits per heavy atom. The first-order valence-electron chi connectivity index (χ1n) is 10.1. The number of amides is 3. The first kappa shape index (κ1) is 21.8. The van der Waals surface area contributed by atoms with E-state index in [0.29, 0.717) is 43.2 Å². The third-order valence-electron chi connectivity index (χ3n) is 5.60. The molecule has 0 saturated carbocycles. The molecule has 2 aliphatic rings. The zero-order chi connectivity index (χ0) is 21.8. The van der Waals surface area contributed by atoms with Crippen LogP contribution >= 0.6 is 23.4 Å². The molecule has 2 aromatic rings. The number of para-hydroxylation sites is 1. The highest BCUT2D eigenvalue weighted by Crippen LogP contribution is 2.44. The fourth-order valence-electron chi connectivity index (χ4n) is 3.94. The second kappa shape index (κ2) is 9.36. The molecule has 3 amide bonds. The molecule has 9 heteroatoms. The predicted octanol–water partition coefficient (Wildman–Crippen LogP) is 4.46. The van der Waals surface area contributed by atoms with Crippen LogP contribution in [-0.4, -0.2) is 58.6 Å². The summed E-state index contributed by atoms with van der Waals surface area (Å²) in [6, 6.07) is 12.7. The number of benzene rings is 2. The van der Waals surface area contributed by atoms with Gasteiger partial charge in [-0.3, -0.25) is 4.79 Å². The summed E-state index contributed by atoms with van der Waals surface area (Å²) in [5.41, 5.74) is 0.166. The number of ether oxygens (including phenoxy) is 1. The van der Waals surface area contributed by atoms with E-state index < -0.39 is 5.82 Å². The number of rotatable bonds is 4. The van der Waals surface area contributed by atoms with Gasteiger partial charge < -0.3 is 19.9 Å². The van der Waals surface area contributed by atoms with Crippen LogP contribution < -0.4 is 10.1 Å². The van der Waals surface area contributed by atoms with Gasteiger partial charge in [0.25, 0.3) is 5.91 Å². The van der Waals surface area contributed by atoms with Crippen LogP contribution in [0.5, 0.6) is 5.75 Å². The minimum atomic E-state index is -0.465. The van der Waals surface area contributed by atoms with Crippen LogP contribution in [0.2, 0.25) is 5.02 Å². The maximum atomic E-state index is 13.8. The number of nitrogens with one attached hydrogen (secondary N) is 1. The van der Waals surface area contributed by atoms with Crippen LogP contribution in [0.25, 0.3) is 0 Å². The van der Waals surface area contributed by atoms with Gasteiger partial charge in [-0.15, -0.1) is 11.8 Å². The van der Waals surface area contributed by atoms with Crippen molar-refractivity contribution >= 4 is 41.0 Å². The lowest BCUT2D eigenvalue weighted by Crippen LogP contribution is -2.55. The van der Waals surface area contributed by atoms with Crippen molar-refractivity contribution in [3.8, 4) is 5.75 Å². The number of nitrogens with zero attached hydrogens (tertiary/aromatic N) is 2. The highest BCUT2D eigenvalue weighted by atomic mass is 35.5. The molecular formula is C22H23ClFN3O3S. The average Bonchev–Trinajstić information content (AvgIpc) is 3.18. The molecule has 0 atom stereocenters. The molecule has 31 heavy (non-hydrogen) atoms. The largest absolute Gasteiger partial charge is 0.484 e. The molecule has 2 heterocycles. The summed E-state index contributed by atoms with van der Waals surface area (Å²) in [6.45, 7) is 1.61. The van der Waals surface area contributed by atoms with E-state index in [9.17, 15) is 14.0 Å². The normalized spacial score (nSPS) is 17.6. The fourth-order valence-corrected chi connectivity index (χ4v) is 5.54. The molecular weight excluding hydrogens is 441 g/mol. The van der Waals surface area contributed by atoms with Crippen LogP contribution in [0.3, 0.4) is 0 Å². The number of hydrogen-bond donors (Lipinski definition) is 1. The van der Waals surface area contributed by atoms with E-state index >= 15 is 0 Å². The summed E-state index contributed by atoms with van der Waals surface area (Å²) in [6.07, 6.45) is 1.32. The van der Waals surface area contributed by atoms with E-state index in [2.05, 4.69) is 5.32 Å². The van der Waals surface area contributed by atoms with Gasteiger partial charge in [0.2, 0.25) is 0 Å². The Labute approximate surface area is 189 Å². The predicted molar refractivity (Wildman–Crippen MR) is 120 cm³/mol. The SMILES string of the molecule is O=C(Nc1ccccc1F)N1CCC2(CC1)SCCN2C(=O)COc1ccc(Cl)cc1. The average molecular weight is 464 g/mol. The number of piperidine rings is 1. The van der Waals surface area contributed by atoms with Gasteiger partial charge in [0.1, 0.15) is 11.6 Å². The third kappa shape index (κ3) is 4.91. The standard InChI is InChI=1S/C22H23ClFN3O3S/c23-16-5-7-17(8-6-16)30-15-20(28)27-13-14-31-22(27)9-11-26(12-10-22)21(29)25-19-4-2-1-3-18(19)24/h1-8H,9-15H2,(H,25,29). The van der Waals surface area contributed by atoms with Crippen LogP contribution in [0.1, 0.15) is 12.8 Å². The first-order chi connectivity index (χ1) is 15.0. The van der Waals surface area contributed by atoms with Gasteiger partial charge in [-0.2, -0.15) is 0 Å². The van der Waals surface area contributed by atoms with Crippen molar-refractivity contribution in [2.45, 2.75) is 17.7 Å². The number of likely N-dealkylation sites (tertiary alicyclic amines) is 1. The second-order valence-corrected chi connectivity index (χ2v) is 9.37. The van der Waals surface area contributed by atoms with Crippen LogP contribution in [0, 0.1) is 5.82 Å². The number of anilines is 1. The summed E-state index contributed by atoms with van der Waals surface area (Å²) in [4.78, 5) is 28.7. The van der Waals surface area contributed by atoms with E-state index in [0.717, 1.165) is 5.75 Å². The van der Waals surface area contributed by atoms with Crippen molar-refractivity contribution in [3.63, 3.8) is 0 Å². The topological polar surface area (TPSA) is 61.9 Å². The summed E-state index contributed by atoms with van der Waals surface area (Å²) in [7, 11) is 0. The Morgan fingerprint density at radius 2 is 1.81 bits per heavy atom. The molecule has 1 N–H and O–H groups in total. The first-order valence-corrected chi connectivity index (χ1v) is 11.5. The minimum absolute atomic E-state index is 0.0403. The van der Waals surface area contributed by atoms with Crippen molar-refractivity contribution in [2.24, 2.45) is 0 Å². The number of urea groups is 1. The molecule has 164 valence electrons. The highest BCUT2D eigenvalue weighted by molar-refractivity contribution is 8.00. The quantitative estimate of drug-likeness (QED) is 0.727. The lowest BCUT2D eigenvalue weighted by Gasteiger charge is -2.43. The van der Waals surface area contributed by atoms with E-state index in [4.69, 9.17) is 16.3 Å². The Bertz CT molecular complexity index is 951. The molecule has 2 fully saturated rings. The molecule has 0 unspecified atom stereocenters. The maximum Gasteiger partial charge on any atom is 0.321 e. The summed E-state index contributed by atoms with van der Waals surface area (Å²) in [5.74, 6) is 0.921. The lowest BCUT2D eigenvalue weighted by molar-refractivity contribution is -0.136. The number of hydrogen-bond acceptors (Lipinski definition) is 4. The van der Waals surface area contributed by atoms with Crippen molar-refractivity contribution < 1.29 is 18.7 Å². The van der Waals surface area contributed by atoms with Crippen molar-refractivity contribution in [3.05, 3.63) is 59.4 Å². The molecule has 2 aromatic carbocycles. The Kier molecular flexibility index (Phi) is 6.57. The minimum Gasteiger partial charge on any atom is -0.484 e. The number of carbonyl (C=O) groups is 2. The number of halogens is 2. The van der Waals surface area contributed by atoms with E-state index in [1.807, 2.05) is 4.90 Å². The van der Waals surface area contributed by atoms with Gasteiger partial charge in [-0.25, -0.2) is 9.18 Å². The number of carbonyl (C=O) groups excluding carboxylic acids is 2. The van der Waals surface area contributed by atoms with Crippen molar-refractivity contribution in [1.29, 1.82) is 0 Å². The zero-order valence-electron chi connectivity index (χ0n) is 16.9. The molecule has 1 spiro atoms. The van der Waals surface area contributed by atoms with Gasteiger partial charge in [0.05, 0.1) is 10.6 Å². The van der Waals surface area contributed by atoms with Gasteiger partial charge in [-0.1, -0.05) is 23.7 Å². The monoisotopic (exact) mass is 463 g/mol.